The molecule has 1 aromatic rings. The lowest BCUT2D eigenvalue weighted by atomic mass is 9.92. The molecular formula is C13H18IN3O2. The average molecular weight is 375 g/mol. The highest BCUT2D eigenvalue weighted by molar-refractivity contribution is 14.1. The van der Waals surface area contributed by atoms with Crippen LogP contribution in [-0.2, 0) is 0 Å². The number of anilines is 1. The van der Waals surface area contributed by atoms with E-state index in [9.17, 15) is 10.1 Å². The van der Waals surface area contributed by atoms with E-state index in [0.717, 1.165) is 35.2 Å². The largest absolute Gasteiger partial charge is 0.370 e. The lowest BCUT2D eigenvalue weighted by molar-refractivity contribution is -0.384. The van der Waals surface area contributed by atoms with E-state index in [1.807, 2.05) is 6.07 Å². The zero-order valence-corrected chi connectivity index (χ0v) is 13.0. The van der Waals surface area contributed by atoms with Crippen LogP contribution in [0.5, 0.6) is 0 Å². The first-order valence-electron chi connectivity index (χ1n) is 6.43. The highest BCUT2D eigenvalue weighted by Gasteiger charge is 2.24. The zero-order valence-electron chi connectivity index (χ0n) is 10.9. The third kappa shape index (κ3) is 3.36. The summed E-state index contributed by atoms with van der Waals surface area (Å²) in [5.74, 6) is 0.500. The van der Waals surface area contributed by atoms with Crippen LogP contribution in [-0.4, -0.2) is 24.1 Å². The lowest BCUT2D eigenvalue weighted by Gasteiger charge is -2.36. The Hall–Kier alpha value is -0.890. The SMILES string of the molecule is CC(N)C1CCCN(c2ccc([N+](=O)[O-])cc2I)C1. The molecule has 1 aliphatic rings. The Kier molecular flexibility index (Phi) is 4.62. The molecule has 104 valence electrons. The van der Waals surface area contributed by atoms with Gasteiger partial charge in [-0.1, -0.05) is 0 Å². The van der Waals surface area contributed by atoms with E-state index in [2.05, 4.69) is 34.4 Å². The quantitative estimate of drug-likeness (QED) is 0.501. The number of hydrogen-bond acceptors (Lipinski definition) is 4. The number of benzene rings is 1. The molecule has 0 radical (unpaired) electrons. The molecule has 0 aliphatic carbocycles. The van der Waals surface area contributed by atoms with Gasteiger partial charge in [0.05, 0.1) is 10.6 Å². The molecule has 6 heteroatoms. The fourth-order valence-corrected chi connectivity index (χ4v) is 3.36. The fourth-order valence-electron chi connectivity index (χ4n) is 2.52. The predicted molar refractivity (Wildman–Crippen MR) is 84.4 cm³/mol. The van der Waals surface area contributed by atoms with Gasteiger partial charge in [-0.25, -0.2) is 0 Å². The Morgan fingerprint density at radius 3 is 2.89 bits per heavy atom. The van der Waals surface area contributed by atoms with Crippen molar-refractivity contribution in [3.63, 3.8) is 0 Å². The molecule has 0 aromatic heterocycles. The van der Waals surface area contributed by atoms with Crippen LogP contribution in [0.2, 0.25) is 0 Å². The highest BCUT2D eigenvalue weighted by atomic mass is 127. The van der Waals surface area contributed by atoms with Gasteiger partial charge >= 0.3 is 0 Å². The minimum Gasteiger partial charge on any atom is -0.370 e. The number of rotatable bonds is 3. The molecule has 1 aromatic carbocycles. The summed E-state index contributed by atoms with van der Waals surface area (Å²) in [6, 6.07) is 5.25. The van der Waals surface area contributed by atoms with Gasteiger partial charge in [-0.2, -0.15) is 0 Å². The average Bonchev–Trinajstić information content (AvgIpc) is 2.38. The van der Waals surface area contributed by atoms with Gasteiger partial charge < -0.3 is 10.6 Å². The van der Waals surface area contributed by atoms with E-state index < -0.39 is 0 Å². The number of non-ortho nitro benzene ring substituents is 1. The Morgan fingerprint density at radius 2 is 2.32 bits per heavy atom. The molecule has 1 aliphatic heterocycles. The number of piperidine rings is 1. The number of halogens is 1. The van der Waals surface area contributed by atoms with Crippen molar-refractivity contribution in [1.29, 1.82) is 0 Å². The summed E-state index contributed by atoms with van der Waals surface area (Å²) >= 11 is 2.17. The number of nitrogens with two attached hydrogens (primary N) is 1. The summed E-state index contributed by atoms with van der Waals surface area (Å²) in [5.41, 5.74) is 7.22. The zero-order chi connectivity index (χ0) is 14.0. The predicted octanol–water partition coefficient (Wildman–Crippen LogP) is 2.76. The summed E-state index contributed by atoms with van der Waals surface area (Å²) in [7, 11) is 0. The summed E-state index contributed by atoms with van der Waals surface area (Å²) < 4.78 is 0.928. The molecule has 19 heavy (non-hydrogen) atoms. The van der Waals surface area contributed by atoms with Crippen LogP contribution in [0.3, 0.4) is 0 Å². The lowest BCUT2D eigenvalue weighted by Crippen LogP contribution is -2.42. The second-order valence-corrected chi connectivity index (χ2v) is 6.26. The third-order valence-corrected chi connectivity index (χ3v) is 4.55. The molecule has 0 bridgehead atoms. The summed E-state index contributed by atoms with van der Waals surface area (Å²) in [6.07, 6.45) is 2.29. The van der Waals surface area contributed by atoms with Crippen molar-refractivity contribution in [3.05, 3.63) is 31.9 Å². The molecule has 1 fully saturated rings. The molecule has 2 rings (SSSR count). The van der Waals surface area contributed by atoms with Crippen LogP contribution in [0.25, 0.3) is 0 Å². The van der Waals surface area contributed by atoms with Crippen molar-refractivity contribution in [2.24, 2.45) is 11.7 Å². The van der Waals surface area contributed by atoms with E-state index in [4.69, 9.17) is 5.73 Å². The van der Waals surface area contributed by atoms with Crippen LogP contribution in [0, 0.1) is 19.6 Å². The van der Waals surface area contributed by atoms with Gasteiger partial charge in [0.25, 0.3) is 5.69 Å². The second kappa shape index (κ2) is 6.04. The van der Waals surface area contributed by atoms with Crippen molar-refractivity contribution in [2.75, 3.05) is 18.0 Å². The van der Waals surface area contributed by atoms with Crippen LogP contribution in [0.1, 0.15) is 19.8 Å². The molecule has 0 amide bonds. The van der Waals surface area contributed by atoms with Gasteiger partial charge in [-0.15, -0.1) is 0 Å². The maximum absolute atomic E-state index is 10.8. The van der Waals surface area contributed by atoms with E-state index in [-0.39, 0.29) is 16.7 Å². The van der Waals surface area contributed by atoms with Crippen molar-refractivity contribution >= 4 is 34.0 Å². The van der Waals surface area contributed by atoms with E-state index in [1.54, 1.807) is 12.1 Å². The first kappa shape index (κ1) is 14.5. The summed E-state index contributed by atoms with van der Waals surface area (Å²) in [5, 5.41) is 10.8. The normalized spacial score (nSPS) is 21.2. The topological polar surface area (TPSA) is 72.4 Å². The minimum atomic E-state index is -0.354. The van der Waals surface area contributed by atoms with E-state index in [1.165, 1.54) is 0 Å². The fraction of sp³-hybridized carbons (Fsp3) is 0.538. The van der Waals surface area contributed by atoms with Crippen molar-refractivity contribution in [2.45, 2.75) is 25.8 Å². The molecule has 1 saturated heterocycles. The number of nitrogens with zero attached hydrogens (tertiary/aromatic N) is 2. The first-order valence-corrected chi connectivity index (χ1v) is 7.51. The minimum absolute atomic E-state index is 0.147. The molecule has 1 heterocycles. The maximum Gasteiger partial charge on any atom is 0.270 e. The monoisotopic (exact) mass is 375 g/mol. The van der Waals surface area contributed by atoms with Crippen molar-refractivity contribution < 1.29 is 4.92 Å². The number of nitro groups is 1. The van der Waals surface area contributed by atoms with Gasteiger partial charge in [0.15, 0.2) is 0 Å². The van der Waals surface area contributed by atoms with Crippen LogP contribution >= 0.6 is 22.6 Å². The van der Waals surface area contributed by atoms with E-state index >= 15 is 0 Å². The van der Waals surface area contributed by atoms with E-state index in [0.29, 0.717) is 5.92 Å². The smallest absolute Gasteiger partial charge is 0.270 e. The van der Waals surface area contributed by atoms with Gasteiger partial charge in [0.2, 0.25) is 0 Å². The molecule has 0 saturated carbocycles. The van der Waals surface area contributed by atoms with Crippen molar-refractivity contribution in [3.8, 4) is 0 Å². The summed E-state index contributed by atoms with van der Waals surface area (Å²) in [6.45, 7) is 3.98. The maximum atomic E-state index is 10.8. The molecule has 2 atom stereocenters. The third-order valence-electron chi connectivity index (χ3n) is 3.68. The molecule has 2 unspecified atom stereocenters. The molecule has 0 spiro atoms. The highest BCUT2D eigenvalue weighted by Crippen LogP contribution is 2.30. The van der Waals surface area contributed by atoms with Gasteiger partial charge in [0, 0.05) is 34.8 Å². The Morgan fingerprint density at radius 1 is 1.58 bits per heavy atom. The van der Waals surface area contributed by atoms with Crippen LogP contribution in [0.4, 0.5) is 11.4 Å². The molecule has 2 N–H and O–H groups in total. The number of hydrogen-bond donors (Lipinski definition) is 1. The van der Waals surface area contributed by atoms with Gasteiger partial charge in [-0.05, 0) is 54.3 Å². The Bertz CT molecular complexity index is 479. The van der Waals surface area contributed by atoms with Gasteiger partial charge in [-0.3, -0.25) is 10.1 Å². The Labute approximate surface area is 126 Å². The van der Waals surface area contributed by atoms with Crippen LogP contribution < -0.4 is 10.6 Å². The molecular weight excluding hydrogens is 357 g/mol. The second-order valence-electron chi connectivity index (χ2n) is 5.10. The van der Waals surface area contributed by atoms with Gasteiger partial charge in [0.1, 0.15) is 0 Å². The first-order chi connectivity index (χ1) is 8.99. The van der Waals surface area contributed by atoms with Crippen molar-refractivity contribution in [1.82, 2.24) is 0 Å². The Balaban J connectivity index is 2.19. The van der Waals surface area contributed by atoms with Crippen LogP contribution in [0.15, 0.2) is 18.2 Å². The summed E-state index contributed by atoms with van der Waals surface area (Å²) in [4.78, 5) is 12.7. The number of nitro benzene ring substituents is 1. The molecule has 5 nitrogen and oxygen atoms in total. The standard InChI is InChI=1S/C13H18IN3O2/c1-9(15)10-3-2-6-16(8-10)13-5-4-11(17(18)19)7-12(13)14/h4-5,7,9-10H,2-3,6,8,15H2,1H3.